The van der Waals surface area contributed by atoms with E-state index in [1.165, 1.54) is 6.42 Å². The molecule has 3 heterocycles. The highest BCUT2D eigenvalue weighted by molar-refractivity contribution is 5.60. The maximum atomic E-state index is 11.4. The van der Waals surface area contributed by atoms with Crippen molar-refractivity contribution >= 4 is 6.29 Å². The first-order chi connectivity index (χ1) is 9.31. The van der Waals surface area contributed by atoms with Crippen molar-refractivity contribution in [2.75, 3.05) is 59.2 Å². The minimum absolute atomic E-state index is 0.236. The van der Waals surface area contributed by atoms with Gasteiger partial charge in [0, 0.05) is 38.8 Å². The highest BCUT2D eigenvalue weighted by atomic mass is 16.5. The molecule has 5 nitrogen and oxygen atoms in total. The highest BCUT2D eigenvalue weighted by Gasteiger charge is 2.39. The second-order valence-corrected chi connectivity index (χ2v) is 6.11. The standard InChI is InChI=1S/C14H24N2O3/c17-11-14(2-6-19-12-14)10-15-3-1-13(9-15)16-4-7-18-8-5-16/h11,13H,1-10,12H2. The predicted octanol–water partition coefficient (Wildman–Crippen LogP) is -0.00150. The fraction of sp³-hybridized carbons (Fsp3) is 0.929. The third-order valence-electron chi connectivity index (χ3n) is 4.73. The summed E-state index contributed by atoms with van der Waals surface area (Å²) in [6, 6.07) is 0.648. The normalized spacial score (nSPS) is 37.8. The smallest absolute Gasteiger partial charge is 0.129 e. The van der Waals surface area contributed by atoms with Crippen molar-refractivity contribution in [3.05, 3.63) is 0 Å². The molecule has 0 spiro atoms. The first-order valence-corrected chi connectivity index (χ1v) is 7.40. The molecule has 3 aliphatic heterocycles. The van der Waals surface area contributed by atoms with Gasteiger partial charge in [0.1, 0.15) is 6.29 Å². The van der Waals surface area contributed by atoms with E-state index in [1.54, 1.807) is 0 Å². The molecule has 0 bridgehead atoms. The second-order valence-electron chi connectivity index (χ2n) is 6.11. The van der Waals surface area contributed by atoms with E-state index in [2.05, 4.69) is 9.80 Å². The Balaban J connectivity index is 1.52. The number of nitrogens with zero attached hydrogens (tertiary/aromatic N) is 2. The van der Waals surface area contributed by atoms with Crippen LogP contribution in [0.1, 0.15) is 12.8 Å². The first kappa shape index (κ1) is 13.5. The average Bonchev–Trinajstić information content (AvgIpc) is 3.10. The highest BCUT2D eigenvalue weighted by Crippen LogP contribution is 2.29. The zero-order chi connectivity index (χ0) is 13.1. The molecule has 0 radical (unpaired) electrons. The van der Waals surface area contributed by atoms with Gasteiger partial charge >= 0.3 is 0 Å². The largest absolute Gasteiger partial charge is 0.380 e. The lowest BCUT2D eigenvalue weighted by Gasteiger charge is -2.33. The van der Waals surface area contributed by atoms with Crippen molar-refractivity contribution in [2.24, 2.45) is 5.41 Å². The average molecular weight is 268 g/mol. The summed E-state index contributed by atoms with van der Waals surface area (Å²) in [6.07, 6.45) is 3.23. The second kappa shape index (κ2) is 5.87. The number of carbonyl (C=O) groups is 1. The van der Waals surface area contributed by atoms with Gasteiger partial charge in [-0.2, -0.15) is 0 Å². The summed E-state index contributed by atoms with van der Waals surface area (Å²) in [6.45, 7) is 8.26. The Hall–Kier alpha value is -0.490. The van der Waals surface area contributed by atoms with Crippen molar-refractivity contribution in [1.29, 1.82) is 0 Å². The maximum absolute atomic E-state index is 11.4. The number of aldehydes is 1. The van der Waals surface area contributed by atoms with E-state index in [-0.39, 0.29) is 5.41 Å². The van der Waals surface area contributed by atoms with Gasteiger partial charge in [0.25, 0.3) is 0 Å². The molecule has 0 saturated carbocycles. The van der Waals surface area contributed by atoms with Crippen molar-refractivity contribution in [3.8, 4) is 0 Å². The van der Waals surface area contributed by atoms with E-state index < -0.39 is 0 Å². The molecule has 108 valence electrons. The summed E-state index contributed by atoms with van der Waals surface area (Å²) >= 11 is 0. The van der Waals surface area contributed by atoms with Crippen LogP contribution in [0.4, 0.5) is 0 Å². The van der Waals surface area contributed by atoms with Crippen molar-refractivity contribution < 1.29 is 14.3 Å². The topological polar surface area (TPSA) is 42.0 Å². The molecule has 0 N–H and O–H groups in total. The Bertz CT molecular complexity index is 312. The Morgan fingerprint density at radius 2 is 2.00 bits per heavy atom. The number of likely N-dealkylation sites (tertiary alicyclic amines) is 1. The van der Waals surface area contributed by atoms with Gasteiger partial charge in [-0.25, -0.2) is 0 Å². The number of morpholine rings is 1. The van der Waals surface area contributed by atoms with E-state index in [1.807, 2.05) is 0 Å². The molecule has 2 unspecified atom stereocenters. The lowest BCUT2D eigenvalue weighted by molar-refractivity contribution is -0.117. The van der Waals surface area contributed by atoms with Gasteiger partial charge in [-0.15, -0.1) is 0 Å². The zero-order valence-electron chi connectivity index (χ0n) is 11.6. The van der Waals surface area contributed by atoms with E-state index >= 15 is 0 Å². The minimum atomic E-state index is -0.236. The van der Waals surface area contributed by atoms with Crippen molar-refractivity contribution in [3.63, 3.8) is 0 Å². The summed E-state index contributed by atoms with van der Waals surface area (Å²) in [5, 5.41) is 0. The van der Waals surface area contributed by atoms with Gasteiger partial charge in [0.2, 0.25) is 0 Å². The molecule has 0 amide bonds. The summed E-state index contributed by atoms with van der Waals surface area (Å²) in [5.74, 6) is 0. The molecule has 19 heavy (non-hydrogen) atoms. The molecule has 2 atom stereocenters. The van der Waals surface area contributed by atoms with Crippen LogP contribution in [0.15, 0.2) is 0 Å². The predicted molar refractivity (Wildman–Crippen MR) is 71.2 cm³/mol. The number of hydrogen-bond donors (Lipinski definition) is 0. The Morgan fingerprint density at radius 3 is 2.68 bits per heavy atom. The fourth-order valence-electron chi connectivity index (χ4n) is 3.52. The molecule has 0 aromatic rings. The lowest BCUT2D eigenvalue weighted by Crippen LogP contribution is -2.45. The van der Waals surface area contributed by atoms with Gasteiger partial charge in [0.05, 0.1) is 25.2 Å². The Morgan fingerprint density at radius 1 is 1.16 bits per heavy atom. The molecule has 3 aliphatic rings. The third-order valence-corrected chi connectivity index (χ3v) is 4.73. The van der Waals surface area contributed by atoms with Crippen LogP contribution >= 0.6 is 0 Å². The van der Waals surface area contributed by atoms with Crippen LogP contribution in [0.2, 0.25) is 0 Å². The third kappa shape index (κ3) is 2.99. The molecular weight excluding hydrogens is 244 g/mol. The van der Waals surface area contributed by atoms with Gasteiger partial charge in [-0.3, -0.25) is 4.90 Å². The van der Waals surface area contributed by atoms with Gasteiger partial charge in [-0.1, -0.05) is 0 Å². The number of rotatable bonds is 4. The fourth-order valence-corrected chi connectivity index (χ4v) is 3.52. The first-order valence-electron chi connectivity index (χ1n) is 7.40. The van der Waals surface area contributed by atoms with Gasteiger partial charge < -0.3 is 19.2 Å². The maximum Gasteiger partial charge on any atom is 0.129 e. The van der Waals surface area contributed by atoms with Crippen LogP contribution in [0.3, 0.4) is 0 Å². The summed E-state index contributed by atoms with van der Waals surface area (Å²) in [5.41, 5.74) is -0.236. The SMILES string of the molecule is O=CC1(CN2CCC(N3CCOCC3)C2)CCOC1. The zero-order valence-corrected chi connectivity index (χ0v) is 11.6. The molecule has 0 aromatic carbocycles. The lowest BCUT2D eigenvalue weighted by atomic mass is 9.89. The van der Waals surface area contributed by atoms with Crippen LogP contribution in [0, 0.1) is 5.41 Å². The monoisotopic (exact) mass is 268 g/mol. The number of hydrogen-bond acceptors (Lipinski definition) is 5. The summed E-state index contributed by atoms with van der Waals surface area (Å²) in [4.78, 5) is 16.4. The van der Waals surface area contributed by atoms with Crippen LogP contribution in [-0.4, -0.2) is 81.3 Å². The minimum Gasteiger partial charge on any atom is -0.380 e. The van der Waals surface area contributed by atoms with E-state index in [0.717, 1.165) is 65.3 Å². The Kier molecular flexibility index (Phi) is 4.17. The van der Waals surface area contributed by atoms with Crippen LogP contribution in [0.25, 0.3) is 0 Å². The van der Waals surface area contributed by atoms with E-state index in [9.17, 15) is 4.79 Å². The van der Waals surface area contributed by atoms with Gasteiger partial charge in [-0.05, 0) is 19.4 Å². The van der Waals surface area contributed by atoms with Crippen molar-refractivity contribution in [2.45, 2.75) is 18.9 Å². The molecule has 3 fully saturated rings. The number of ether oxygens (including phenoxy) is 2. The van der Waals surface area contributed by atoms with Crippen LogP contribution < -0.4 is 0 Å². The summed E-state index contributed by atoms with van der Waals surface area (Å²) < 4.78 is 10.8. The molecule has 0 aromatic heterocycles. The quantitative estimate of drug-likeness (QED) is 0.671. The Labute approximate surface area is 114 Å². The molecule has 5 heteroatoms. The van der Waals surface area contributed by atoms with E-state index in [4.69, 9.17) is 9.47 Å². The molecule has 0 aliphatic carbocycles. The summed E-state index contributed by atoms with van der Waals surface area (Å²) in [7, 11) is 0. The number of carbonyl (C=O) groups excluding carboxylic acids is 1. The molecular formula is C14H24N2O3. The van der Waals surface area contributed by atoms with Crippen LogP contribution in [-0.2, 0) is 14.3 Å². The van der Waals surface area contributed by atoms with Crippen LogP contribution in [0.5, 0.6) is 0 Å². The molecule has 3 saturated heterocycles. The van der Waals surface area contributed by atoms with E-state index in [0.29, 0.717) is 12.6 Å². The van der Waals surface area contributed by atoms with Gasteiger partial charge in [0.15, 0.2) is 0 Å². The molecule has 3 rings (SSSR count). The van der Waals surface area contributed by atoms with Crippen molar-refractivity contribution in [1.82, 2.24) is 9.80 Å².